The summed E-state index contributed by atoms with van der Waals surface area (Å²) in [5, 5.41) is 3.31. The molecule has 0 spiro atoms. The molecule has 1 N–H and O–H groups in total. The fourth-order valence-electron chi connectivity index (χ4n) is 2.28. The Morgan fingerprint density at radius 1 is 1.50 bits per heavy atom. The van der Waals surface area contributed by atoms with Crippen molar-refractivity contribution in [3.05, 3.63) is 35.4 Å². The summed E-state index contributed by atoms with van der Waals surface area (Å²) in [4.78, 5) is 11.3. The maximum atomic E-state index is 11.3. The standard InChI is InChI=1S/C13H17NO2/c1-9(13(15)16-2)14-12-8-7-10-5-3-4-6-11(10)12/h3-6,9,12,14H,7-8H2,1-2H3. The van der Waals surface area contributed by atoms with Gasteiger partial charge < -0.3 is 4.74 Å². The Kier molecular flexibility index (Phi) is 3.25. The van der Waals surface area contributed by atoms with Gasteiger partial charge in [-0.3, -0.25) is 10.1 Å². The summed E-state index contributed by atoms with van der Waals surface area (Å²) < 4.78 is 4.71. The normalized spacial score (nSPS) is 20.2. The van der Waals surface area contributed by atoms with Crippen molar-refractivity contribution in [2.24, 2.45) is 0 Å². The SMILES string of the molecule is COC(=O)C(C)NC1CCc2ccccc21. The van der Waals surface area contributed by atoms with Gasteiger partial charge in [0.15, 0.2) is 0 Å². The van der Waals surface area contributed by atoms with Gasteiger partial charge in [-0.05, 0) is 30.9 Å². The van der Waals surface area contributed by atoms with Crippen LogP contribution in [0.25, 0.3) is 0 Å². The highest BCUT2D eigenvalue weighted by Crippen LogP contribution is 2.30. The lowest BCUT2D eigenvalue weighted by atomic mass is 10.1. The van der Waals surface area contributed by atoms with Gasteiger partial charge in [0.2, 0.25) is 0 Å². The van der Waals surface area contributed by atoms with Gasteiger partial charge in [-0.1, -0.05) is 24.3 Å². The first kappa shape index (κ1) is 11.1. The van der Waals surface area contributed by atoms with Gasteiger partial charge in [-0.2, -0.15) is 0 Å². The number of ether oxygens (including phenoxy) is 1. The largest absolute Gasteiger partial charge is 0.468 e. The van der Waals surface area contributed by atoms with Crippen molar-refractivity contribution < 1.29 is 9.53 Å². The quantitative estimate of drug-likeness (QED) is 0.788. The molecule has 1 aromatic carbocycles. The summed E-state index contributed by atoms with van der Waals surface area (Å²) in [6.07, 6.45) is 2.14. The summed E-state index contributed by atoms with van der Waals surface area (Å²) in [5.74, 6) is -0.204. The average Bonchev–Trinajstić information content (AvgIpc) is 2.72. The predicted molar refractivity (Wildman–Crippen MR) is 62.1 cm³/mol. The molecule has 2 unspecified atom stereocenters. The van der Waals surface area contributed by atoms with Crippen molar-refractivity contribution in [2.75, 3.05) is 7.11 Å². The Bertz CT molecular complexity index is 389. The van der Waals surface area contributed by atoms with E-state index in [0.29, 0.717) is 0 Å². The van der Waals surface area contributed by atoms with Crippen LogP contribution in [0, 0.1) is 0 Å². The molecule has 86 valence electrons. The van der Waals surface area contributed by atoms with E-state index in [1.54, 1.807) is 0 Å². The van der Waals surface area contributed by atoms with Crippen molar-refractivity contribution >= 4 is 5.97 Å². The van der Waals surface area contributed by atoms with E-state index < -0.39 is 0 Å². The third-order valence-corrected chi connectivity index (χ3v) is 3.14. The van der Waals surface area contributed by atoms with Crippen LogP contribution in [0.4, 0.5) is 0 Å². The fourth-order valence-corrected chi connectivity index (χ4v) is 2.28. The number of carbonyl (C=O) groups is 1. The zero-order valence-electron chi connectivity index (χ0n) is 9.69. The lowest BCUT2D eigenvalue weighted by Crippen LogP contribution is -2.36. The Hall–Kier alpha value is -1.35. The smallest absolute Gasteiger partial charge is 0.322 e. The zero-order chi connectivity index (χ0) is 11.5. The highest BCUT2D eigenvalue weighted by molar-refractivity contribution is 5.75. The molecular weight excluding hydrogens is 202 g/mol. The van der Waals surface area contributed by atoms with E-state index in [-0.39, 0.29) is 18.1 Å². The zero-order valence-corrected chi connectivity index (χ0v) is 9.69. The number of esters is 1. The van der Waals surface area contributed by atoms with Gasteiger partial charge in [-0.25, -0.2) is 0 Å². The number of aryl methyl sites for hydroxylation is 1. The second kappa shape index (κ2) is 4.66. The van der Waals surface area contributed by atoms with Gasteiger partial charge in [0, 0.05) is 6.04 Å². The molecule has 0 radical (unpaired) electrons. The lowest BCUT2D eigenvalue weighted by molar-refractivity contribution is -0.142. The molecule has 0 heterocycles. The number of rotatable bonds is 3. The van der Waals surface area contributed by atoms with Crippen molar-refractivity contribution in [2.45, 2.75) is 31.8 Å². The molecule has 16 heavy (non-hydrogen) atoms. The van der Waals surface area contributed by atoms with E-state index in [0.717, 1.165) is 12.8 Å². The van der Waals surface area contributed by atoms with E-state index in [1.165, 1.54) is 18.2 Å². The predicted octanol–water partition coefficient (Wildman–Crippen LogP) is 1.82. The lowest BCUT2D eigenvalue weighted by Gasteiger charge is -2.18. The summed E-state index contributed by atoms with van der Waals surface area (Å²) in [6, 6.07) is 8.42. The molecule has 0 bridgehead atoms. The topological polar surface area (TPSA) is 38.3 Å². The summed E-state index contributed by atoms with van der Waals surface area (Å²) in [5.41, 5.74) is 2.70. The van der Waals surface area contributed by atoms with Crippen molar-refractivity contribution in [3.63, 3.8) is 0 Å². The summed E-state index contributed by atoms with van der Waals surface area (Å²) in [7, 11) is 1.42. The minimum absolute atomic E-state index is 0.204. The number of nitrogens with one attached hydrogen (secondary N) is 1. The summed E-state index contributed by atoms with van der Waals surface area (Å²) in [6.45, 7) is 1.84. The minimum atomic E-state index is -0.249. The van der Waals surface area contributed by atoms with Crippen LogP contribution in [0.5, 0.6) is 0 Å². The second-order valence-corrected chi connectivity index (χ2v) is 4.20. The van der Waals surface area contributed by atoms with Crippen LogP contribution in [0.3, 0.4) is 0 Å². The second-order valence-electron chi connectivity index (χ2n) is 4.20. The van der Waals surface area contributed by atoms with Crippen molar-refractivity contribution in [3.8, 4) is 0 Å². The van der Waals surface area contributed by atoms with E-state index >= 15 is 0 Å². The maximum absolute atomic E-state index is 11.3. The first-order chi connectivity index (χ1) is 7.72. The molecule has 0 saturated carbocycles. The minimum Gasteiger partial charge on any atom is -0.468 e. The molecule has 0 aliphatic heterocycles. The number of carbonyl (C=O) groups excluding carboxylic acids is 1. The van der Waals surface area contributed by atoms with Gasteiger partial charge in [0.25, 0.3) is 0 Å². The molecule has 1 aliphatic rings. The molecule has 2 rings (SSSR count). The van der Waals surface area contributed by atoms with Gasteiger partial charge in [0.1, 0.15) is 6.04 Å². The molecule has 0 amide bonds. The van der Waals surface area contributed by atoms with E-state index in [9.17, 15) is 4.79 Å². The average molecular weight is 219 g/mol. The Balaban J connectivity index is 2.06. The number of hydrogen-bond acceptors (Lipinski definition) is 3. The number of fused-ring (bicyclic) bond motifs is 1. The van der Waals surface area contributed by atoms with Gasteiger partial charge >= 0.3 is 5.97 Å². The first-order valence-corrected chi connectivity index (χ1v) is 5.64. The van der Waals surface area contributed by atoms with Crippen molar-refractivity contribution in [1.82, 2.24) is 5.32 Å². The molecule has 0 aromatic heterocycles. The fraction of sp³-hybridized carbons (Fsp3) is 0.462. The van der Waals surface area contributed by atoms with Crippen LogP contribution < -0.4 is 5.32 Å². The van der Waals surface area contributed by atoms with E-state index in [2.05, 4.69) is 23.5 Å². The highest BCUT2D eigenvalue weighted by Gasteiger charge is 2.25. The molecule has 2 atom stereocenters. The van der Waals surface area contributed by atoms with Gasteiger partial charge in [0.05, 0.1) is 7.11 Å². The van der Waals surface area contributed by atoms with Gasteiger partial charge in [-0.15, -0.1) is 0 Å². The molecular formula is C13H17NO2. The maximum Gasteiger partial charge on any atom is 0.322 e. The van der Waals surface area contributed by atoms with E-state index in [1.807, 2.05) is 13.0 Å². The Morgan fingerprint density at radius 3 is 3.00 bits per heavy atom. The molecule has 3 nitrogen and oxygen atoms in total. The molecule has 1 aliphatic carbocycles. The van der Waals surface area contributed by atoms with Crippen LogP contribution in [0.1, 0.15) is 30.5 Å². The van der Waals surface area contributed by atoms with Crippen LogP contribution in [-0.4, -0.2) is 19.1 Å². The van der Waals surface area contributed by atoms with Crippen LogP contribution in [-0.2, 0) is 16.0 Å². The first-order valence-electron chi connectivity index (χ1n) is 5.64. The van der Waals surface area contributed by atoms with Crippen LogP contribution in [0.2, 0.25) is 0 Å². The Labute approximate surface area is 95.8 Å². The number of methoxy groups -OCH3 is 1. The van der Waals surface area contributed by atoms with Crippen LogP contribution >= 0.6 is 0 Å². The molecule has 0 fully saturated rings. The molecule has 0 saturated heterocycles. The van der Waals surface area contributed by atoms with Crippen molar-refractivity contribution in [1.29, 1.82) is 0 Å². The Morgan fingerprint density at radius 2 is 2.25 bits per heavy atom. The molecule has 3 heteroatoms. The van der Waals surface area contributed by atoms with Crippen LogP contribution in [0.15, 0.2) is 24.3 Å². The van der Waals surface area contributed by atoms with E-state index in [4.69, 9.17) is 4.74 Å². The summed E-state index contributed by atoms with van der Waals surface area (Å²) >= 11 is 0. The monoisotopic (exact) mass is 219 g/mol. The third-order valence-electron chi connectivity index (χ3n) is 3.14. The number of benzene rings is 1. The highest BCUT2D eigenvalue weighted by atomic mass is 16.5. The molecule has 1 aromatic rings. The number of hydrogen-bond donors (Lipinski definition) is 1. The third kappa shape index (κ3) is 2.09.